The van der Waals surface area contributed by atoms with Crippen molar-refractivity contribution in [3.8, 4) is 0 Å². The average molecular weight is 301 g/mol. The Morgan fingerprint density at radius 1 is 0.882 bits per heavy atom. The van der Waals surface area contributed by atoms with Gasteiger partial charge in [-0.2, -0.15) is 11.8 Å². The van der Waals surface area contributed by atoms with Crippen LogP contribution in [0, 0.1) is 0 Å². The van der Waals surface area contributed by atoms with Gasteiger partial charge in [0.05, 0.1) is 5.16 Å². The molecule has 104 valence electrons. The van der Waals surface area contributed by atoms with Crippen molar-refractivity contribution in [2.45, 2.75) is 12.1 Å². The molecule has 0 spiro atoms. The third-order valence-corrected chi connectivity index (χ3v) is 13.7. The molecule has 5 nitrogen and oxygen atoms in total. The second kappa shape index (κ2) is 7.90. The fourth-order valence-electron chi connectivity index (χ4n) is 1.93. The lowest BCUT2D eigenvalue weighted by Gasteiger charge is -2.39. The summed E-state index contributed by atoms with van der Waals surface area (Å²) in [4.78, 5) is 0. The SMILES string of the molecule is CO[Si](CSC)(OC)C(C)[Si](OC)(OC)OC. The van der Waals surface area contributed by atoms with E-state index in [1.807, 2.05) is 13.2 Å². The first kappa shape index (κ1) is 17.6. The van der Waals surface area contributed by atoms with Crippen molar-refractivity contribution >= 4 is 29.1 Å². The smallest absolute Gasteiger partial charge is 0.397 e. The maximum Gasteiger partial charge on any atom is 0.505 e. The van der Waals surface area contributed by atoms with Gasteiger partial charge >= 0.3 is 17.4 Å². The van der Waals surface area contributed by atoms with Gasteiger partial charge in [-0.1, -0.05) is 6.92 Å². The van der Waals surface area contributed by atoms with Gasteiger partial charge < -0.3 is 22.1 Å². The zero-order valence-electron chi connectivity index (χ0n) is 11.7. The Balaban J connectivity index is 5.22. The normalized spacial score (nSPS) is 15.0. The Morgan fingerprint density at radius 3 is 1.53 bits per heavy atom. The van der Waals surface area contributed by atoms with E-state index in [0.29, 0.717) is 0 Å². The molecule has 0 aliphatic heterocycles. The van der Waals surface area contributed by atoms with E-state index in [2.05, 4.69) is 0 Å². The number of thioether (sulfide) groups is 1. The molecule has 0 fully saturated rings. The van der Waals surface area contributed by atoms with Crippen molar-refractivity contribution in [1.82, 2.24) is 0 Å². The summed E-state index contributed by atoms with van der Waals surface area (Å²) in [5, 5.41) is 0.809. The van der Waals surface area contributed by atoms with Crippen LogP contribution in [-0.4, -0.2) is 64.5 Å². The molecule has 0 aliphatic carbocycles. The molecule has 0 aromatic heterocycles. The van der Waals surface area contributed by atoms with E-state index in [1.54, 1.807) is 47.3 Å². The summed E-state index contributed by atoms with van der Waals surface area (Å²) >= 11 is 1.70. The lowest BCUT2D eigenvalue weighted by atomic mass is 10.9. The summed E-state index contributed by atoms with van der Waals surface area (Å²) in [5.74, 6) is 0. The molecule has 0 heterocycles. The highest BCUT2D eigenvalue weighted by Gasteiger charge is 2.59. The van der Waals surface area contributed by atoms with Crippen molar-refractivity contribution in [3.05, 3.63) is 0 Å². The molecule has 0 aromatic rings. The molecule has 1 unspecified atom stereocenters. The molecule has 0 aliphatic rings. The minimum Gasteiger partial charge on any atom is -0.397 e. The van der Waals surface area contributed by atoms with Gasteiger partial charge in [0, 0.05) is 40.9 Å². The standard InChI is InChI=1S/C9H24O5SSi2/c1-9(17(12-4,13-5)14-6)16(10-2,11-3)8-15-7/h9H,8H2,1-7H3. The summed E-state index contributed by atoms with van der Waals surface area (Å²) in [5.41, 5.74) is 0. The molecule has 1 atom stereocenters. The molecule has 0 saturated carbocycles. The van der Waals surface area contributed by atoms with Gasteiger partial charge in [0.25, 0.3) is 0 Å². The fourth-order valence-corrected chi connectivity index (χ4v) is 12.6. The average Bonchev–Trinajstić information content (AvgIpc) is 2.38. The molecule has 0 rings (SSSR count). The van der Waals surface area contributed by atoms with Gasteiger partial charge in [-0.05, 0) is 6.26 Å². The van der Waals surface area contributed by atoms with Crippen LogP contribution in [0.2, 0.25) is 5.16 Å². The van der Waals surface area contributed by atoms with Crippen molar-refractivity contribution in [2.75, 3.05) is 47.2 Å². The highest BCUT2D eigenvalue weighted by molar-refractivity contribution is 8.00. The molecule has 0 aromatic carbocycles. The van der Waals surface area contributed by atoms with Gasteiger partial charge in [-0.15, -0.1) is 0 Å². The molecule has 17 heavy (non-hydrogen) atoms. The molecule has 0 amide bonds. The van der Waals surface area contributed by atoms with E-state index in [9.17, 15) is 0 Å². The van der Waals surface area contributed by atoms with Gasteiger partial charge in [-0.3, -0.25) is 0 Å². The predicted molar refractivity (Wildman–Crippen MR) is 74.4 cm³/mol. The fraction of sp³-hybridized carbons (Fsp3) is 1.00. The first-order valence-corrected chi connectivity index (χ1v) is 10.6. The van der Waals surface area contributed by atoms with Crippen LogP contribution in [0.3, 0.4) is 0 Å². The lowest BCUT2D eigenvalue weighted by molar-refractivity contribution is 0.112. The summed E-state index contributed by atoms with van der Waals surface area (Å²) in [6.45, 7) is 2.03. The molecule has 0 bridgehead atoms. The Kier molecular flexibility index (Phi) is 8.17. The summed E-state index contributed by atoms with van der Waals surface area (Å²) in [7, 11) is 3.06. The topological polar surface area (TPSA) is 46.2 Å². The second-order valence-electron chi connectivity index (χ2n) is 3.59. The van der Waals surface area contributed by atoms with E-state index >= 15 is 0 Å². The largest absolute Gasteiger partial charge is 0.505 e. The van der Waals surface area contributed by atoms with Crippen molar-refractivity contribution < 1.29 is 22.1 Å². The monoisotopic (exact) mass is 300 g/mol. The Bertz CT molecular complexity index is 203. The van der Waals surface area contributed by atoms with Crippen LogP contribution < -0.4 is 0 Å². The first-order valence-electron chi connectivity index (χ1n) is 5.27. The van der Waals surface area contributed by atoms with Crippen molar-refractivity contribution in [2.24, 2.45) is 0 Å². The van der Waals surface area contributed by atoms with Crippen molar-refractivity contribution in [3.63, 3.8) is 0 Å². The quantitative estimate of drug-likeness (QED) is 0.600. The first-order chi connectivity index (χ1) is 8.02. The van der Waals surface area contributed by atoms with Crippen LogP contribution in [0.5, 0.6) is 0 Å². The van der Waals surface area contributed by atoms with Crippen LogP contribution in [0.25, 0.3) is 0 Å². The lowest BCUT2D eigenvalue weighted by Crippen LogP contribution is -2.61. The van der Waals surface area contributed by atoms with Crippen LogP contribution in [0.4, 0.5) is 0 Å². The zero-order valence-corrected chi connectivity index (χ0v) is 14.6. The molecule has 8 heteroatoms. The summed E-state index contributed by atoms with van der Waals surface area (Å²) in [6.07, 6.45) is 2.03. The van der Waals surface area contributed by atoms with E-state index in [-0.39, 0.29) is 5.16 Å². The molecule has 0 radical (unpaired) electrons. The summed E-state index contributed by atoms with van der Waals surface area (Å²) < 4.78 is 27.9. The summed E-state index contributed by atoms with van der Waals surface area (Å²) in [6, 6.07) is 0. The highest BCUT2D eigenvalue weighted by atomic mass is 32.2. The minimum absolute atomic E-state index is 0.00236. The molecule has 0 N–H and O–H groups in total. The highest BCUT2D eigenvalue weighted by Crippen LogP contribution is 2.35. The zero-order chi connectivity index (χ0) is 13.5. The number of rotatable bonds is 9. The van der Waals surface area contributed by atoms with Crippen LogP contribution in [0.1, 0.15) is 6.92 Å². The van der Waals surface area contributed by atoms with E-state index < -0.39 is 17.4 Å². The molecular formula is C9H24O5SSi2. The maximum atomic E-state index is 5.69. The van der Waals surface area contributed by atoms with Gasteiger partial charge in [0.2, 0.25) is 0 Å². The van der Waals surface area contributed by atoms with Crippen LogP contribution >= 0.6 is 11.8 Å². The number of hydrogen-bond acceptors (Lipinski definition) is 6. The Morgan fingerprint density at radius 2 is 1.29 bits per heavy atom. The van der Waals surface area contributed by atoms with Gasteiger partial charge in [-0.25, -0.2) is 0 Å². The minimum atomic E-state index is -2.74. The number of hydrogen-bond donors (Lipinski definition) is 0. The Hall–Kier alpha value is 0.584. The second-order valence-corrected chi connectivity index (χ2v) is 12.5. The Labute approximate surface area is 111 Å². The van der Waals surface area contributed by atoms with Gasteiger partial charge in [0.15, 0.2) is 0 Å². The predicted octanol–water partition coefficient (Wildman–Crippen LogP) is 1.43. The van der Waals surface area contributed by atoms with E-state index in [0.717, 1.165) is 5.38 Å². The maximum absolute atomic E-state index is 5.69. The van der Waals surface area contributed by atoms with Crippen molar-refractivity contribution in [1.29, 1.82) is 0 Å². The van der Waals surface area contributed by atoms with E-state index in [1.165, 1.54) is 0 Å². The molecular weight excluding hydrogens is 276 g/mol. The van der Waals surface area contributed by atoms with Gasteiger partial charge in [0.1, 0.15) is 0 Å². The molecule has 0 saturated heterocycles. The van der Waals surface area contributed by atoms with Crippen LogP contribution in [-0.2, 0) is 22.1 Å². The van der Waals surface area contributed by atoms with Crippen LogP contribution in [0.15, 0.2) is 0 Å². The third kappa shape index (κ3) is 3.54. The third-order valence-electron chi connectivity index (χ3n) is 3.08. The van der Waals surface area contributed by atoms with E-state index in [4.69, 9.17) is 22.1 Å².